The molecule has 0 radical (unpaired) electrons. The third-order valence-electron chi connectivity index (χ3n) is 3.34. The molecule has 1 atom stereocenters. The van der Waals surface area contributed by atoms with Crippen molar-refractivity contribution in [3.05, 3.63) is 52.9 Å². The molecule has 0 saturated carbocycles. The summed E-state index contributed by atoms with van der Waals surface area (Å²) < 4.78 is 28.9. The summed E-state index contributed by atoms with van der Waals surface area (Å²) in [5, 5.41) is 14.8. The monoisotopic (exact) mass is 280 g/mol. The van der Waals surface area contributed by atoms with Gasteiger partial charge in [0.25, 0.3) is 0 Å². The average Bonchev–Trinajstić information content (AvgIpc) is 2.71. The van der Waals surface area contributed by atoms with Gasteiger partial charge in [0, 0.05) is 24.2 Å². The van der Waals surface area contributed by atoms with Crippen molar-refractivity contribution >= 4 is 0 Å². The van der Waals surface area contributed by atoms with Crippen molar-refractivity contribution in [2.75, 3.05) is 0 Å². The van der Waals surface area contributed by atoms with E-state index in [-0.39, 0.29) is 12.0 Å². The van der Waals surface area contributed by atoms with Crippen LogP contribution in [0.1, 0.15) is 30.8 Å². The maximum absolute atomic E-state index is 13.8. The summed E-state index contributed by atoms with van der Waals surface area (Å²) in [4.78, 5) is 0. The van der Waals surface area contributed by atoms with Gasteiger partial charge in [0.2, 0.25) is 0 Å². The molecule has 0 spiro atoms. The predicted octanol–water partition coefficient (Wildman–Crippen LogP) is 2.94. The van der Waals surface area contributed by atoms with Crippen LogP contribution in [0.4, 0.5) is 8.78 Å². The molecule has 2 rings (SSSR count). The van der Waals surface area contributed by atoms with E-state index in [2.05, 4.69) is 5.10 Å². The number of hydrogen-bond donors (Lipinski definition) is 1. The van der Waals surface area contributed by atoms with Crippen LogP contribution < -0.4 is 0 Å². The molecule has 0 bridgehead atoms. The molecule has 0 aliphatic rings. The highest BCUT2D eigenvalue weighted by Gasteiger charge is 2.29. The van der Waals surface area contributed by atoms with Gasteiger partial charge in [-0.2, -0.15) is 5.10 Å². The van der Waals surface area contributed by atoms with Crippen molar-refractivity contribution in [1.82, 2.24) is 9.78 Å². The summed E-state index contributed by atoms with van der Waals surface area (Å²) in [5.41, 5.74) is 0.0843. The Balaban J connectivity index is 2.37. The predicted molar refractivity (Wildman–Crippen MR) is 72.3 cm³/mol. The van der Waals surface area contributed by atoms with E-state index >= 15 is 0 Å². The van der Waals surface area contributed by atoms with E-state index in [0.717, 1.165) is 17.5 Å². The van der Waals surface area contributed by atoms with Gasteiger partial charge in [-0.25, -0.2) is 8.78 Å². The topological polar surface area (TPSA) is 38.0 Å². The number of halogens is 2. The number of aromatic nitrogens is 2. The van der Waals surface area contributed by atoms with E-state index in [9.17, 15) is 13.9 Å². The Bertz CT molecular complexity index is 620. The Kier molecular flexibility index (Phi) is 3.90. The first-order valence-electron chi connectivity index (χ1n) is 6.55. The summed E-state index contributed by atoms with van der Waals surface area (Å²) in [5.74, 6) is -1.96. The Morgan fingerprint density at radius 3 is 2.70 bits per heavy atom. The zero-order chi connectivity index (χ0) is 14.9. The molecule has 2 aromatic rings. The molecule has 1 N–H and O–H groups in total. The first-order chi connectivity index (χ1) is 9.35. The fraction of sp³-hybridized carbons (Fsp3) is 0.400. The molecule has 108 valence electrons. The van der Waals surface area contributed by atoms with Gasteiger partial charge in [-0.1, -0.05) is 12.1 Å². The summed E-state index contributed by atoms with van der Waals surface area (Å²) in [6, 6.07) is 5.67. The molecule has 0 saturated heterocycles. The normalized spacial score (nSPS) is 14.3. The lowest BCUT2D eigenvalue weighted by Gasteiger charge is -2.24. The van der Waals surface area contributed by atoms with Crippen molar-refractivity contribution in [2.24, 2.45) is 0 Å². The van der Waals surface area contributed by atoms with Crippen LogP contribution in [0.2, 0.25) is 0 Å². The largest absolute Gasteiger partial charge is 0.385 e. The molecule has 5 heteroatoms. The summed E-state index contributed by atoms with van der Waals surface area (Å²) in [6.45, 7) is 5.93. The van der Waals surface area contributed by atoms with Gasteiger partial charge in [0.05, 0.1) is 11.3 Å². The number of aliphatic hydroxyl groups is 1. The zero-order valence-electron chi connectivity index (χ0n) is 11.8. The van der Waals surface area contributed by atoms with E-state index in [1.807, 2.05) is 19.9 Å². The molecule has 0 fully saturated rings. The minimum atomic E-state index is -1.49. The minimum Gasteiger partial charge on any atom is -0.385 e. The van der Waals surface area contributed by atoms with Crippen molar-refractivity contribution in [1.29, 1.82) is 0 Å². The smallest absolute Gasteiger partial charge is 0.164 e. The van der Waals surface area contributed by atoms with Crippen LogP contribution >= 0.6 is 0 Å². The highest BCUT2D eigenvalue weighted by atomic mass is 19.2. The van der Waals surface area contributed by atoms with Gasteiger partial charge in [-0.05, 0) is 32.9 Å². The van der Waals surface area contributed by atoms with Crippen molar-refractivity contribution in [2.45, 2.75) is 39.3 Å². The first-order valence-corrected chi connectivity index (χ1v) is 6.55. The Labute approximate surface area is 116 Å². The van der Waals surface area contributed by atoms with Crippen molar-refractivity contribution < 1.29 is 13.9 Å². The van der Waals surface area contributed by atoms with E-state index < -0.39 is 17.2 Å². The summed E-state index contributed by atoms with van der Waals surface area (Å²) in [7, 11) is 0. The van der Waals surface area contributed by atoms with E-state index in [1.165, 1.54) is 19.1 Å². The van der Waals surface area contributed by atoms with Gasteiger partial charge in [-0.15, -0.1) is 0 Å². The second kappa shape index (κ2) is 5.32. The quantitative estimate of drug-likeness (QED) is 0.935. The lowest BCUT2D eigenvalue weighted by molar-refractivity contribution is 0.0508. The second-order valence-electron chi connectivity index (χ2n) is 5.14. The summed E-state index contributed by atoms with van der Waals surface area (Å²) in [6.07, 6.45) is 0.169. The van der Waals surface area contributed by atoms with Gasteiger partial charge >= 0.3 is 0 Å². The average molecular weight is 280 g/mol. The number of aryl methyl sites for hydroxylation is 2. The molecule has 1 unspecified atom stereocenters. The maximum atomic E-state index is 13.8. The van der Waals surface area contributed by atoms with E-state index in [1.54, 1.807) is 4.68 Å². The number of rotatable bonds is 4. The molecule has 0 amide bonds. The molecule has 3 nitrogen and oxygen atoms in total. The van der Waals surface area contributed by atoms with Gasteiger partial charge in [0.1, 0.15) is 0 Å². The molecule has 1 heterocycles. The molecular weight excluding hydrogens is 262 g/mol. The van der Waals surface area contributed by atoms with Crippen molar-refractivity contribution in [3.8, 4) is 0 Å². The molecule has 0 aliphatic heterocycles. The van der Waals surface area contributed by atoms with Crippen LogP contribution in [-0.4, -0.2) is 14.9 Å². The molecule has 20 heavy (non-hydrogen) atoms. The molecule has 0 aliphatic carbocycles. The van der Waals surface area contributed by atoms with Crippen LogP contribution in [0.15, 0.2) is 24.3 Å². The Morgan fingerprint density at radius 1 is 1.35 bits per heavy atom. The van der Waals surface area contributed by atoms with Gasteiger partial charge < -0.3 is 5.11 Å². The fourth-order valence-corrected chi connectivity index (χ4v) is 2.38. The number of benzene rings is 1. The lowest BCUT2D eigenvalue weighted by Crippen LogP contribution is -2.27. The van der Waals surface area contributed by atoms with Crippen LogP contribution in [0.5, 0.6) is 0 Å². The minimum absolute atomic E-state index is 0.0426. The van der Waals surface area contributed by atoms with Crippen LogP contribution in [0.25, 0.3) is 0 Å². The Hall–Kier alpha value is -1.75. The molecule has 1 aromatic carbocycles. The fourth-order valence-electron chi connectivity index (χ4n) is 2.38. The molecular formula is C15H18F2N2O. The van der Waals surface area contributed by atoms with Crippen molar-refractivity contribution in [3.63, 3.8) is 0 Å². The highest BCUT2D eigenvalue weighted by Crippen LogP contribution is 2.28. The van der Waals surface area contributed by atoms with Crippen LogP contribution in [-0.2, 0) is 18.6 Å². The number of hydrogen-bond acceptors (Lipinski definition) is 2. The van der Waals surface area contributed by atoms with Gasteiger partial charge in [-0.3, -0.25) is 4.68 Å². The summed E-state index contributed by atoms with van der Waals surface area (Å²) >= 11 is 0. The van der Waals surface area contributed by atoms with E-state index in [4.69, 9.17) is 0 Å². The second-order valence-corrected chi connectivity index (χ2v) is 5.14. The zero-order valence-corrected chi connectivity index (χ0v) is 11.8. The lowest BCUT2D eigenvalue weighted by atomic mass is 9.90. The van der Waals surface area contributed by atoms with E-state index in [0.29, 0.717) is 6.54 Å². The first kappa shape index (κ1) is 14.7. The number of nitrogens with zero attached hydrogens (tertiary/aromatic N) is 2. The maximum Gasteiger partial charge on any atom is 0.164 e. The Morgan fingerprint density at radius 2 is 2.05 bits per heavy atom. The SMILES string of the molecule is CCn1nc(C)cc1CC(C)(O)c1cccc(F)c1F. The van der Waals surface area contributed by atoms with Gasteiger partial charge in [0.15, 0.2) is 11.6 Å². The van der Waals surface area contributed by atoms with Crippen LogP contribution in [0.3, 0.4) is 0 Å². The highest BCUT2D eigenvalue weighted by molar-refractivity contribution is 5.27. The third-order valence-corrected chi connectivity index (χ3v) is 3.34. The standard InChI is InChI=1S/C15H18F2N2O/c1-4-19-11(8-10(2)18-19)9-15(3,20)12-6-5-7-13(16)14(12)17/h5-8,20H,4,9H2,1-3H3. The van der Waals surface area contributed by atoms with Crippen LogP contribution in [0, 0.1) is 18.6 Å². The molecule has 1 aromatic heterocycles. The third kappa shape index (κ3) is 2.72.